The second kappa shape index (κ2) is 5.30. The van der Waals surface area contributed by atoms with Crippen LogP contribution in [0.3, 0.4) is 0 Å². The van der Waals surface area contributed by atoms with Gasteiger partial charge in [0.05, 0.1) is 11.7 Å². The molecule has 0 aliphatic heterocycles. The number of rotatable bonds is 4. The lowest BCUT2D eigenvalue weighted by Gasteiger charge is -2.15. The van der Waals surface area contributed by atoms with Crippen LogP contribution in [-0.2, 0) is 24.2 Å². The molecule has 1 unspecified atom stereocenters. The molecule has 5 heteroatoms. The summed E-state index contributed by atoms with van der Waals surface area (Å²) in [5.74, 6) is 1.38. The van der Waals surface area contributed by atoms with Gasteiger partial charge in [-0.15, -0.1) is 11.3 Å². The van der Waals surface area contributed by atoms with Crippen molar-refractivity contribution in [3.8, 4) is 0 Å². The van der Waals surface area contributed by atoms with Gasteiger partial charge in [0.2, 0.25) is 0 Å². The van der Waals surface area contributed by atoms with Gasteiger partial charge in [-0.1, -0.05) is 0 Å². The zero-order valence-corrected chi connectivity index (χ0v) is 13.2. The summed E-state index contributed by atoms with van der Waals surface area (Å²) in [7, 11) is 1.69. The highest BCUT2D eigenvalue weighted by Crippen LogP contribution is 2.44. The van der Waals surface area contributed by atoms with E-state index < -0.39 is 0 Å². The van der Waals surface area contributed by atoms with Gasteiger partial charge < -0.3 is 10.5 Å². The maximum Gasteiger partial charge on any atom is 0.155 e. The largest absolute Gasteiger partial charge is 0.377 e. The van der Waals surface area contributed by atoms with Crippen molar-refractivity contribution in [1.82, 2.24) is 9.97 Å². The first kappa shape index (κ1) is 13.6. The summed E-state index contributed by atoms with van der Waals surface area (Å²) in [6, 6.07) is 0.0618. The summed E-state index contributed by atoms with van der Waals surface area (Å²) < 4.78 is 5.23. The van der Waals surface area contributed by atoms with Crippen molar-refractivity contribution in [1.29, 1.82) is 0 Å². The highest BCUT2D eigenvalue weighted by molar-refractivity contribution is 7.18. The summed E-state index contributed by atoms with van der Waals surface area (Å²) in [6.45, 7) is 0.461. The van der Waals surface area contributed by atoms with Crippen LogP contribution in [0.4, 0.5) is 0 Å². The third kappa shape index (κ3) is 2.37. The van der Waals surface area contributed by atoms with Gasteiger partial charge in [-0.25, -0.2) is 9.97 Å². The average molecular weight is 303 g/mol. The Labute approximate surface area is 128 Å². The molecule has 1 fully saturated rings. The van der Waals surface area contributed by atoms with Crippen LogP contribution < -0.4 is 5.73 Å². The number of ether oxygens (including phenoxy) is 1. The minimum atomic E-state index is 0.0618. The minimum absolute atomic E-state index is 0.0618. The Morgan fingerprint density at radius 2 is 2.10 bits per heavy atom. The second-order valence-electron chi connectivity index (χ2n) is 6.21. The fraction of sp³-hybridized carbons (Fsp3) is 0.625. The van der Waals surface area contributed by atoms with Crippen LogP contribution >= 0.6 is 11.3 Å². The second-order valence-corrected chi connectivity index (χ2v) is 7.30. The topological polar surface area (TPSA) is 61.0 Å². The van der Waals surface area contributed by atoms with E-state index in [0.717, 1.165) is 22.8 Å². The molecule has 2 aliphatic rings. The van der Waals surface area contributed by atoms with Gasteiger partial charge in [0, 0.05) is 17.4 Å². The third-order valence-electron chi connectivity index (χ3n) is 4.61. The maximum absolute atomic E-state index is 6.50. The number of fused-ring (bicyclic) bond motifs is 3. The Balaban J connectivity index is 1.91. The first-order valence-electron chi connectivity index (χ1n) is 7.83. The highest BCUT2D eigenvalue weighted by atomic mass is 32.1. The van der Waals surface area contributed by atoms with Crippen LogP contribution in [0.2, 0.25) is 0 Å². The summed E-state index contributed by atoms with van der Waals surface area (Å²) in [5, 5.41) is 1.27. The molecule has 4 nitrogen and oxygen atoms in total. The predicted octanol–water partition coefficient (Wildman–Crippen LogP) is 3.13. The van der Waals surface area contributed by atoms with E-state index in [1.807, 2.05) is 11.3 Å². The lowest BCUT2D eigenvalue weighted by molar-refractivity contribution is 0.178. The molecule has 0 amide bonds. The molecule has 4 rings (SSSR count). The van der Waals surface area contributed by atoms with Gasteiger partial charge in [0.25, 0.3) is 0 Å². The average Bonchev–Trinajstić information content (AvgIpc) is 3.27. The monoisotopic (exact) mass is 303 g/mol. The molecule has 0 radical (unpaired) electrons. The van der Waals surface area contributed by atoms with Crippen molar-refractivity contribution in [2.75, 3.05) is 7.11 Å². The first-order valence-corrected chi connectivity index (χ1v) is 8.65. The number of aromatic nitrogens is 2. The summed E-state index contributed by atoms with van der Waals surface area (Å²) in [4.78, 5) is 12.1. The number of thiophene rings is 1. The fourth-order valence-corrected chi connectivity index (χ4v) is 4.63. The van der Waals surface area contributed by atoms with E-state index in [-0.39, 0.29) is 6.04 Å². The van der Waals surface area contributed by atoms with E-state index in [0.29, 0.717) is 12.5 Å². The first-order chi connectivity index (χ1) is 10.3. The van der Waals surface area contributed by atoms with E-state index in [4.69, 9.17) is 20.4 Å². The third-order valence-corrected chi connectivity index (χ3v) is 5.79. The quantitative estimate of drug-likeness (QED) is 0.942. The predicted molar refractivity (Wildman–Crippen MR) is 84.4 cm³/mol. The van der Waals surface area contributed by atoms with E-state index in [1.54, 1.807) is 7.11 Å². The Bertz CT molecular complexity index is 678. The molecular formula is C16H21N3OS. The zero-order chi connectivity index (χ0) is 14.4. The van der Waals surface area contributed by atoms with E-state index >= 15 is 0 Å². The molecule has 0 bridgehead atoms. The zero-order valence-electron chi connectivity index (χ0n) is 12.4. The molecule has 2 N–H and O–H groups in total. The fourth-order valence-electron chi connectivity index (χ4n) is 3.34. The van der Waals surface area contributed by atoms with Crippen LogP contribution in [0.5, 0.6) is 0 Å². The molecule has 1 saturated carbocycles. The van der Waals surface area contributed by atoms with E-state index in [2.05, 4.69) is 0 Å². The van der Waals surface area contributed by atoms with Crippen molar-refractivity contribution in [3.05, 3.63) is 22.0 Å². The SMILES string of the molecule is COCc1nc(C(N)C2CC2)c2c3c(sc2n1)CCCC3. The Morgan fingerprint density at radius 1 is 1.29 bits per heavy atom. The maximum atomic E-state index is 6.50. The molecule has 1 atom stereocenters. The van der Waals surface area contributed by atoms with Crippen molar-refractivity contribution < 1.29 is 4.74 Å². The molecule has 2 heterocycles. The summed E-state index contributed by atoms with van der Waals surface area (Å²) >= 11 is 1.84. The molecule has 0 saturated heterocycles. The van der Waals surface area contributed by atoms with Gasteiger partial charge in [-0.05, 0) is 50.0 Å². The van der Waals surface area contributed by atoms with Crippen molar-refractivity contribution >= 4 is 21.6 Å². The number of nitrogens with zero attached hydrogens (tertiary/aromatic N) is 2. The van der Waals surface area contributed by atoms with Gasteiger partial charge in [0.1, 0.15) is 11.4 Å². The van der Waals surface area contributed by atoms with E-state index in [9.17, 15) is 0 Å². The van der Waals surface area contributed by atoms with Crippen LogP contribution in [0, 0.1) is 5.92 Å². The Morgan fingerprint density at radius 3 is 2.86 bits per heavy atom. The smallest absolute Gasteiger partial charge is 0.155 e. The Hall–Kier alpha value is -1.04. The van der Waals surface area contributed by atoms with Crippen molar-refractivity contribution in [3.63, 3.8) is 0 Å². The van der Waals surface area contributed by atoms with Crippen LogP contribution in [0.1, 0.15) is 53.7 Å². The molecule has 0 aromatic carbocycles. The molecule has 2 aromatic heterocycles. The number of nitrogens with two attached hydrogens (primary N) is 1. The normalized spacial score (nSPS) is 19.7. The lowest BCUT2D eigenvalue weighted by Crippen LogP contribution is -2.17. The van der Waals surface area contributed by atoms with Gasteiger partial charge in [0.15, 0.2) is 5.82 Å². The minimum Gasteiger partial charge on any atom is -0.377 e. The molecular weight excluding hydrogens is 282 g/mol. The molecule has 2 aliphatic carbocycles. The van der Waals surface area contributed by atoms with Crippen molar-refractivity contribution in [2.45, 2.75) is 51.2 Å². The van der Waals surface area contributed by atoms with Gasteiger partial charge in [-0.3, -0.25) is 0 Å². The number of hydrogen-bond donors (Lipinski definition) is 1. The van der Waals surface area contributed by atoms with Crippen molar-refractivity contribution in [2.24, 2.45) is 11.7 Å². The van der Waals surface area contributed by atoms with Crippen LogP contribution in [0.15, 0.2) is 0 Å². The number of aryl methyl sites for hydroxylation is 2. The highest BCUT2D eigenvalue weighted by Gasteiger charge is 2.33. The number of methoxy groups -OCH3 is 1. The number of hydrogen-bond acceptors (Lipinski definition) is 5. The lowest BCUT2D eigenvalue weighted by atomic mass is 9.94. The van der Waals surface area contributed by atoms with Crippen LogP contribution in [0.25, 0.3) is 10.2 Å². The molecule has 112 valence electrons. The summed E-state index contributed by atoms with van der Waals surface area (Å²) in [5.41, 5.74) is 9.06. The standard InChI is InChI=1S/C16H21N3OS/c1-20-8-12-18-15(14(17)9-6-7-9)13-10-4-2-3-5-11(10)21-16(13)19-12/h9,14H,2-8,17H2,1H3. The Kier molecular flexibility index (Phi) is 3.44. The van der Waals surface area contributed by atoms with Gasteiger partial charge >= 0.3 is 0 Å². The molecule has 0 spiro atoms. The summed E-state index contributed by atoms with van der Waals surface area (Å²) in [6.07, 6.45) is 7.39. The van der Waals surface area contributed by atoms with E-state index in [1.165, 1.54) is 47.9 Å². The van der Waals surface area contributed by atoms with Gasteiger partial charge in [-0.2, -0.15) is 0 Å². The van der Waals surface area contributed by atoms with Crippen LogP contribution in [-0.4, -0.2) is 17.1 Å². The molecule has 2 aromatic rings. The molecule has 21 heavy (non-hydrogen) atoms.